The number of hydrogen-bond donors (Lipinski definition) is 2. The smallest absolute Gasteiger partial charge is 0.230 e. The normalized spacial score (nSPS) is 28.6. The maximum atomic E-state index is 13.5. The fraction of sp³-hybridized carbons (Fsp3) is 0.414. The number of methoxy groups -OCH3 is 1. The number of fused-ring (bicyclic) bond motifs is 1. The van der Waals surface area contributed by atoms with E-state index in [0.29, 0.717) is 0 Å². The number of benzene rings is 3. The van der Waals surface area contributed by atoms with Crippen molar-refractivity contribution >= 4 is 22.4 Å². The van der Waals surface area contributed by atoms with Gasteiger partial charge in [0.1, 0.15) is 11.9 Å². The SMILES string of the molecule is COc1ccc(C(O)c2cccc3ccc(NC(=O)C45CC6CC(CC(C6)C4)C5)cc23)cc1. The average Bonchev–Trinajstić information content (AvgIpc) is 2.82. The second-order valence-corrected chi connectivity index (χ2v) is 10.6. The summed E-state index contributed by atoms with van der Waals surface area (Å²) in [5.74, 6) is 3.19. The summed E-state index contributed by atoms with van der Waals surface area (Å²) in [7, 11) is 1.63. The molecule has 4 aliphatic carbocycles. The van der Waals surface area contributed by atoms with Gasteiger partial charge in [-0.15, -0.1) is 0 Å². The number of rotatable bonds is 5. The molecule has 1 amide bonds. The number of aliphatic hydroxyl groups excluding tert-OH is 1. The van der Waals surface area contributed by atoms with Crippen LogP contribution in [0.1, 0.15) is 55.8 Å². The van der Waals surface area contributed by atoms with Crippen molar-refractivity contribution in [1.29, 1.82) is 0 Å². The largest absolute Gasteiger partial charge is 0.497 e. The van der Waals surface area contributed by atoms with Crippen LogP contribution in [0.2, 0.25) is 0 Å². The van der Waals surface area contributed by atoms with Gasteiger partial charge in [-0.3, -0.25) is 4.79 Å². The van der Waals surface area contributed by atoms with Crippen LogP contribution in [0.15, 0.2) is 60.7 Å². The molecule has 170 valence electrons. The zero-order valence-electron chi connectivity index (χ0n) is 19.1. The number of anilines is 1. The number of hydrogen-bond acceptors (Lipinski definition) is 3. The van der Waals surface area contributed by atoms with Gasteiger partial charge in [0.05, 0.1) is 12.5 Å². The van der Waals surface area contributed by atoms with E-state index in [1.165, 1.54) is 19.3 Å². The predicted molar refractivity (Wildman–Crippen MR) is 130 cm³/mol. The fourth-order valence-corrected chi connectivity index (χ4v) is 7.23. The first-order chi connectivity index (χ1) is 16.0. The Hall–Kier alpha value is -2.85. The maximum absolute atomic E-state index is 13.5. The van der Waals surface area contributed by atoms with Crippen molar-refractivity contribution in [1.82, 2.24) is 0 Å². The molecule has 0 radical (unpaired) electrons. The van der Waals surface area contributed by atoms with E-state index in [4.69, 9.17) is 4.74 Å². The van der Waals surface area contributed by atoms with Crippen LogP contribution in [-0.4, -0.2) is 18.1 Å². The Bertz CT molecular complexity index is 1160. The Morgan fingerprint density at radius 2 is 1.64 bits per heavy atom. The van der Waals surface area contributed by atoms with Crippen molar-refractivity contribution in [2.45, 2.75) is 44.6 Å². The van der Waals surface area contributed by atoms with Crippen molar-refractivity contribution in [3.05, 3.63) is 71.8 Å². The number of amides is 1. The van der Waals surface area contributed by atoms with Crippen molar-refractivity contribution in [2.24, 2.45) is 23.2 Å². The maximum Gasteiger partial charge on any atom is 0.230 e. The first-order valence-electron chi connectivity index (χ1n) is 12.2. The highest BCUT2D eigenvalue weighted by Crippen LogP contribution is 2.60. The predicted octanol–water partition coefficient (Wildman–Crippen LogP) is 6.09. The summed E-state index contributed by atoms with van der Waals surface area (Å²) in [4.78, 5) is 13.5. The van der Waals surface area contributed by atoms with Crippen LogP contribution in [0.3, 0.4) is 0 Å². The molecular formula is C29H31NO3. The Morgan fingerprint density at radius 1 is 0.970 bits per heavy atom. The van der Waals surface area contributed by atoms with Crippen molar-refractivity contribution in [3.63, 3.8) is 0 Å². The number of aliphatic hydroxyl groups is 1. The van der Waals surface area contributed by atoms with E-state index in [-0.39, 0.29) is 11.3 Å². The van der Waals surface area contributed by atoms with Crippen LogP contribution < -0.4 is 10.1 Å². The molecule has 4 heteroatoms. The van der Waals surface area contributed by atoms with Gasteiger partial charge in [0.2, 0.25) is 5.91 Å². The van der Waals surface area contributed by atoms with E-state index >= 15 is 0 Å². The molecule has 2 N–H and O–H groups in total. The van der Waals surface area contributed by atoms with Gasteiger partial charge in [0, 0.05) is 5.69 Å². The Morgan fingerprint density at radius 3 is 2.27 bits per heavy atom. The molecule has 3 aromatic rings. The highest BCUT2D eigenvalue weighted by molar-refractivity contribution is 5.98. The summed E-state index contributed by atoms with van der Waals surface area (Å²) in [6.45, 7) is 0. The monoisotopic (exact) mass is 441 g/mol. The zero-order valence-corrected chi connectivity index (χ0v) is 19.1. The summed E-state index contributed by atoms with van der Waals surface area (Å²) < 4.78 is 5.24. The van der Waals surface area contributed by atoms with E-state index in [2.05, 4.69) is 5.32 Å². The number of ether oxygens (including phenoxy) is 1. The summed E-state index contributed by atoms with van der Waals surface area (Å²) in [5, 5.41) is 16.4. The van der Waals surface area contributed by atoms with Crippen LogP contribution in [0.4, 0.5) is 5.69 Å². The Labute approximate surface area is 195 Å². The third kappa shape index (κ3) is 3.61. The lowest BCUT2D eigenvalue weighted by molar-refractivity contribution is -0.140. The van der Waals surface area contributed by atoms with Crippen LogP contribution >= 0.6 is 0 Å². The van der Waals surface area contributed by atoms with Crippen LogP contribution in [-0.2, 0) is 4.79 Å². The van der Waals surface area contributed by atoms with E-state index < -0.39 is 6.10 Å². The van der Waals surface area contributed by atoms with Gasteiger partial charge < -0.3 is 15.2 Å². The minimum atomic E-state index is -0.756. The lowest BCUT2D eigenvalue weighted by Crippen LogP contribution is -2.51. The van der Waals surface area contributed by atoms with Gasteiger partial charge >= 0.3 is 0 Å². The van der Waals surface area contributed by atoms with Crippen LogP contribution in [0.25, 0.3) is 10.8 Å². The standard InChI is InChI=1S/C29H31NO3/c1-33-24-9-6-22(7-10-24)27(31)25-4-2-3-21-5-8-23(14-26(21)25)30-28(32)29-15-18-11-19(16-29)13-20(12-18)17-29/h2-10,14,18-20,27,31H,11-13,15-17H2,1H3,(H,30,32). The summed E-state index contributed by atoms with van der Waals surface area (Å²) in [6.07, 6.45) is 6.40. The highest BCUT2D eigenvalue weighted by Gasteiger charge is 2.54. The van der Waals surface area contributed by atoms with E-state index in [1.807, 2.05) is 60.7 Å². The molecule has 0 aromatic heterocycles. The van der Waals surface area contributed by atoms with Gasteiger partial charge in [-0.25, -0.2) is 0 Å². The lowest BCUT2D eigenvalue weighted by Gasteiger charge is -2.55. The molecule has 0 saturated heterocycles. The first-order valence-corrected chi connectivity index (χ1v) is 12.2. The molecule has 4 fully saturated rings. The third-order valence-corrected chi connectivity index (χ3v) is 8.42. The minimum Gasteiger partial charge on any atom is -0.497 e. The fourth-order valence-electron chi connectivity index (χ4n) is 7.23. The number of carbonyl (C=O) groups is 1. The van der Waals surface area contributed by atoms with Crippen LogP contribution in [0.5, 0.6) is 5.75 Å². The zero-order chi connectivity index (χ0) is 22.6. The van der Waals surface area contributed by atoms with Crippen molar-refractivity contribution in [2.75, 3.05) is 12.4 Å². The molecule has 1 unspecified atom stereocenters. The summed E-state index contributed by atoms with van der Waals surface area (Å²) in [5.41, 5.74) is 2.29. The van der Waals surface area contributed by atoms with Crippen molar-refractivity contribution < 1.29 is 14.6 Å². The number of carbonyl (C=O) groups excluding carboxylic acids is 1. The molecule has 4 aliphatic rings. The van der Waals surface area contributed by atoms with E-state index in [0.717, 1.165) is 70.4 Å². The lowest BCUT2D eigenvalue weighted by atomic mass is 9.49. The topological polar surface area (TPSA) is 58.6 Å². The summed E-state index contributed by atoms with van der Waals surface area (Å²) in [6, 6.07) is 19.5. The highest BCUT2D eigenvalue weighted by atomic mass is 16.5. The molecule has 0 heterocycles. The second kappa shape index (κ2) is 7.88. The van der Waals surface area contributed by atoms with E-state index in [9.17, 15) is 9.90 Å². The number of nitrogens with one attached hydrogen (secondary N) is 1. The molecule has 4 nitrogen and oxygen atoms in total. The molecule has 7 rings (SSSR count). The molecule has 4 bridgehead atoms. The minimum absolute atomic E-state index is 0.175. The molecule has 0 aliphatic heterocycles. The molecule has 33 heavy (non-hydrogen) atoms. The Balaban J connectivity index is 1.29. The van der Waals surface area contributed by atoms with Gasteiger partial charge in [-0.05, 0) is 102 Å². The van der Waals surface area contributed by atoms with Crippen LogP contribution in [0, 0.1) is 23.2 Å². The molecule has 1 atom stereocenters. The molecular weight excluding hydrogens is 410 g/mol. The Kier molecular flexibility index (Phi) is 4.95. The van der Waals surface area contributed by atoms with Gasteiger partial charge in [-0.2, -0.15) is 0 Å². The van der Waals surface area contributed by atoms with Gasteiger partial charge in [0.25, 0.3) is 0 Å². The van der Waals surface area contributed by atoms with Crippen molar-refractivity contribution in [3.8, 4) is 5.75 Å². The van der Waals surface area contributed by atoms with E-state index in [1.54, 1.807) is 7.11 Å². The summed E-state index contributed by atoms with van der Waals surface area (Å²) >= 11 is 0. The molecule has 4 saturated carbocycles. The molecule has 0 spiro atoms. The van der Waals surface area contributed by atoms with Gasteiger partial charge in [0.15, 0.2) is 0 Å². The first kappa shape index (κ1) is 20.7. The molecule has 3 aromatic carbocycles. The quantitative estimate of drug-likeness (QED) is 0.504. The van der Waals surface area contributed by atoms with Gasteiger partial charge in [-0.1, -0.05) is 36.4 Å². The third-order valence-electron chi connectivity index (χ3n) is 8.42. The second-order valence-electron chi connectivity index (χ2n) is 10.6. The average molecular weight is 442 g/mol.